The van der Waals surface area contributed by atoms with Crippen LogP contribution in [-0.2, 0) is 0 Å². The molecular formula is C16H11ClFNO2. The molecule has 0 spiro atoms. The predicted octanol–water partition coefficient (Wildman–Crippen LogP) is 3.08. The third-order valence-corrected chi connectivity index (χ3v) is 2.89. The van der Waals surface area contributed by atoms with Gasteiger partial charge in [-0.1, -0.05) is 23.4 Å². The Morgan fingerprint density at radius 3 is 2.62 bits per heavy atom. The van der Waals surface area contributed by atoms with Crippen LogP contribution in [0.3, 0.4) is 0 Å². The molecule has 21 heavy (non-hydrogen) atoms. The Balaban J connectivity index is 2.26. The molecule has 0 aliphatic rings. The summed E-state index contributed by atoms with van der Waals surface area (Å²) in [5.74, 6) is 4.19. The molecule has 5 heteroatoms. The van der Waals surface area contributed by atoms with E-state index in [1.165, 1.54) is 18.2 Å². The van der Waals surface area contributed by atoms with Crippen LogP contribution in [0.15, 0.2) is 42.5 Å². The minimum atomic E-state index is -0.471. The summed E-state index contributed by atoms with van der Waals surface area (Å²) in [5, 5.41) is 11.9. The highest BCUT2D eigenvalue weighted by molar-refractivity contribution is 6.30. The molecule has 0 heterocycles. The number of carbonyl (C=O) groups is 1. The van der Waals surface area contributed by atoms with Crippen molar-refractivity contribution < 1.29 is 14.3 Å². The van der Waals surface area contributed by atoms with Crippen LogP contribution in [0.5, 0.6) is 0 Å². The topological polar surface area (TPSA) is 49.3 Å². The lowest BCUT2D eigenvalue weighted by Crippen LogP contribution is -2.12. The molecule has 2 N–H and O–H groups in total. The van der Waals surface area contributed by atoms with E-state index in [-0.39, 0.29) is 12.5 Å². The van der Waals surface area contributed by atoms with E-state index < -0.39 is 5.82 Å². The van der Waals surface area contributed by atoms with Gasteiger partial charge in [-0.05, 0) is 42.5 Å². The molecule has 0 bridgehead atoms. The van der Waals surface area contributed by atoms with Crippen molar-refractivity contribution in [2.24, 2.45) is 0 Å². The molecule has 0 atom stereocenters. The Morgan fingerprint density at radius 1 is 1.24 bits per heavy atom. The molecule has 0 saturated carbocycles. The number of anilines is 1. The van der Waals surface area contributed by atoms with Gasteiger partial charge in [0.25, 0.3) is 5.91 Å². The molecule has 0 aromatic heterocycles. The third kappa shape index (κ3) is 4.06. The van der Waals surface area contributed by atoms with Crippen LogP contribution < -0.4 is 5.32 Å². The average molecular weight is 304 g/mol. The maximum atomic E-state index is 13.2. The number of nitrogens with one attached hydrogen (secondary N) is 1. The highest BCUT2D eigenvalue weighted by Crippen LogP contribution is 2.18. The lowest BCUT2D eigenvalue weighted by atomic mass is 10.1. The lowest BCUT2D eigenvalue weighted by molar-refractivity contribution is 0.102. The van der Waals surface area contributed by atoms with Gasteiger partial charge in [0.15, 0.2) is 0 Å². The van der Waals surface area contributed by atoms with E-state index >= 15 is 0 Å². The van der Waals surface area contributed by atoms with Gasteiger partial charge in [-0.3, -0.25) is 4.79 Å². The van der Waals surface area contributed by atoms with Crippen LogP contribution >= 0.6 is 11.6 Å². The number of amides is 1. The Kier molecular flexibility index (Phi) is 4.94. The predicted molar refractivity (Wildman–Crippen MR) is 79.8 cm³/mol. The summed E-state index contributed by atoms with van der Waals surface area (Å²) in [5.41, 5.74) is 1.09. The van der Waals surface area contributed by atoms with Crippen molar-refractivity contribution in [3.05, 3.63) is 64.4 Å². The van der Waals surface area contributed by atoms with Gasteiger partial charge in [-0.2, -0.15) is 0 Å². The van der Waals surface area contributed by atoms with Gasteiger partial charge >= 0.3 is 0 Å². The number of benzene rings is 2. The molecule has 2 rings (SSSR count). The second-order valence-corrected chi connectivity index (χ2v) is 4.55. The first-order chi connectivity index (χ1) is 10.1. The molecule has 0 fully saturated rings. The largest absolute Gasteiger partial charge is 0.384 e. The van der Waals surface area contributed by atoms with Gasteiger partial charge in [-0.25, -0.2) is 4.39 Å². The van der Waals surface area contributed by atoms with E-state index in [1.807, 2.05) is 0 Å². The first-order valence-corrected chi connectivity index (χ1v) is 6.44. The van der Waals surface area contributed by atoms with Crippen molar-refractivity contribution in [2.75, 3.05) is 11.9 Å². The van der Waals surface area contributed by atoms with Crippen LogP contribution in [0.2, 0.25) is 5.02 Å². The van der Waals surface area contributed by atoms with Crippen LogP contribution in [0.4, 0.5) is 10.1 Å². The van der Waals surface area contributed by atoms with Gasteiger partial charge < -0.3 is 10.4 Å². The van der Waals surface area contributed by atoms with E-state index in [2.05, 4.69) is 17.2 Å². The van der Waals surface area contributed by atoms with Crippen molar-refractivity contribution >= 4 is 23.2 Å². The summed E-state index contributed by atoms with van der Waals surface area (Å²) in [4.78, 5) is 12.1. The minimum Gasteiger partial charge on any atom is -0.384 e. The summed E-state index contributed by atoms with van der Waals surface area (Å²) in [7, 11) is 0. The summed E-state index contributed by atoms with van der Waals surface area (Å²) >= 11 is 5.76. The fourth-order valence-electron chi connectivity index (χ4n) is 1.66. The molecule has 0 saturated heterocycles. The van der Waals surface area contributed by atoms with Gasteiger partial charge in [0.05, 0.1) is 11.3 Å². The third-order valence-electron chi connectivity index (χ3n) is 2.64. The highest BCUT2D eigenvalue weighted by atomic mass is 35.5. The number of aliphatic hydroxyl groups excluding tert-OH is 1. The van der Waals surface area contributed by atoms with Gasteiger partial charge in [-0.15, -0.1) is 0 Å². The number of carbonyl (C=O) groups excluding carboxylic acids is 1. The van der Waals surface area contributed by atoms with Crippen molar-refractivity contribution in [3.8, 4) is 11.8 Å². The molecule has 0 unspecified atom stereocenters. The van der Waals surface area contributed by atoms with Crippen LogP contribution in [0.1, 0.15) is 15.9 Å². The minimum absolute atomic E-state index is 0.298. The average Bonchev–Trinajstić information content (AvgIpc) is 2.48. The standard InChI is InChI=1S/C16H11ClFNO2/c17-13-5-3-11(4-6-13)16(21)19-15-8-7-14(18)10-12(15)2-1-9-20/h3-8,10,20H,9H2,(H,19,21). The first kappa shape index (κ1) is 15.0. The van der Waals surface area contributed by atoms with Crippen molar-refractivity contribution in [1.82, 2.24) is 0 Å². The molecular weight excluding hydrogens is 293 g/mol. The summed E-state index contributed by atoms with van der Waals surface area (Å²) < 4.78 is 13.2. The van der Waals surface area contributed by atoms with Crippen LogP contribution in [0.25, 0.3) is 0 Å². The summed E-state index contributed by atoms with van der Waals surface area (Å²) in [6, 6.07) is 10.2. The van der Waals surface area contributed by atoms with Crippen molar-refractivity contribution in [3.63, 3.8) is 0 Å². The first-order valence-electron chi connectivity index (χ1n) is 6.06. The zero-order valence-corrected chi connectivity index (χ0v) is 11.6. The molecule has 3 nitrogen and oxygen atoms in total. The molecule has 0 radical (unpaired) electrons. The quantitative estimate of drug-likeness (QED) is 0.838. The maximum Gasteiger partial charge on any atom is 0.255 e. The molecule has 1 amide bonds. The second-order valence-electron chi connectivity index (χ2n) is 4.11. The summed E-state index contributed by atoms with van der Waals surface area (Å²) in [6.45, 7) is -0.346. The smallest absolute Gasteiger partial charge is 0.255 e. The number of rotatable bonds is 2. The van der Waals surface area contributed by atoms with Gasteiger partial charge in [0.2, 0.25) is 0 Å². The van der Waals surface area contributed by atoms with Crippen molar-refractivity contribution in [2.45, 2.75) is 0 Å². The molecule has 106 valence electrons. The fraction of sp³-hybridized carbons (Fsp3) is 0.0625. The Morgan fingerprint density at radius 2 is 1.95 bits per heavy atom. The molecule has 2 aromatic rings. The molecule has 0 aliphatic carbocycles. The normalized spacial score (nSPS) is 9.67. The zero-order chi connectivity index (χ0) is 15.2. The second kappa shape index (κ2) is 6.89. The van der Waals surface area contributed by atoms with E-state index in [0.717, 1.165) is 0 Å². The van der Waals surface area contributed by atoms with Crippen LogP contribution in [0, 0.1) is 17.7 Å². The molecule has 2 aromatic carbocycles. The lowest BCUT2D eigenvalue weighted by Gasteiger charge is -2.08. The Hall–Kier alpha value is -2.35. The van der Waals surface area contributed by atoms with E-state index in [4.69, 9.17) is 16.7 Å². The van der Waals surface area contributed by atoms with Gasteiger partial charge in [0, 0.05) is 10.6 Å². The number of hydrogen-bond donors (Lipinski definition) is 2. The van der Waals surface area contributed by atoms with E-state index in [9.17, 15) is 9.18 Å². The Labute approximate surface area is 126 Å². The highest BCUT2D eigenvalue weighted by Gasteiger charge is 2.09. The van der Waals surface area contributed by atoms with E-state index in [1.54, 1.807) is 24.3 Å². The Bertz CT molecular complexity index is 717. The van der Waals surface area contributed by atoms with E-state index in [0.29, 0.717) is 21.8 Å². The SMILES string of the molecule is O=C(Nc1ccc(F)cc1C#CCO)c1ccc(Cl)cc1. The van der Waals surface area contributed by atoms with Gasteiger partial charge in [0.1, 0.15) is 12.4 Å². The molecule has 0 aliphatic heterocycles. The number of hydrogen-bond acceptors (Lipinski definition) is 2. The summed E-state index contributed by atoms with van der Waals surface area (Å²) in [6.07, 6.45) is 0. The zero-order valence-electron chi connectivity index (χ0n) is 10.9. The fourth-order valence-corrected chi connectivity index (χ4v) is 1.79. The maximum absolute atomic E-state index is 13.2. The number of halogens is 2. The number of aliphatic hydroxyl groups is 1. The van der Waals surface area contributed by atoms with Crippen LogP contribution in [-0.4, -0.2) is 17.6 Å². The van der Waals surface area contributed by atoms with Crippen molar-refractivity contribution in [1.29, 1.82) is 0 Å². The monoisotopic (exact) mass is 303 g/mol.